The van der Waals surface area contributed by atoms with E-state index >= 15 is 0 Å². The number of carboxylic acid groups (broad SMARTS) is 1. The van der Waals surface area contributed by atoms with Gasteiger partial charge in [0.05, 0.1) is 6.61 Å². The molecule has 20 heavy (non-hydrogen) atoms. The minimum absolute atomic E-state index is 0.0491. The van der Waals surface area contributed by atoms with Crippen molar-refractivity contribution in [2.75, 3.05) is 13.2 Å². The molecule has 0 saturated carbocycles. The lowest BCUT2D eigenvalue weighted by atomic mass is 10.2. The third kappa shape index (κ3) is 6.08. The summed E-state index contributed by atoms with van der Waals surface area (Å²) in [6.45, 7) is 3.17. The number of hydrogen-bond acceptors (Lipinski definition) is 3. The van der Waals surface area contributed by atoms with Crippen LogP contribution in [0.4, 0.5) is 4.79 Å². The van der Waals surface area contributed by atoms with Gasteiger partial charge >= 0.3 is 12.0 Å². The molecule has 0 heterocycles. The van der Waals surface area contributed by atoms with Crippen molar-refractivity contribution < 1.29 is 19.4 Å². The number of carbonyl (C=O) groups excluding carboxylic acids is 1. The van der Waals surface area contributed by atoms with Gasteiger partial charge in [0.2, 0.25) is 0 Å². The van der Waals surface area contributed by atoms with Crippen LogP contribution in [-0.2, 0) is 11.3 Å². The van der Waals surface area contributed by atoms with E-state index in [9.17, 15) is 9.59 Å². The van der Waals surface area contributed by atoms with Crippen molar-refractivity contribution in [1.29, 1.82) is 0 Å². The number of amides is 2. The standard InChI is InChI=1S/C14H20N2O4/c1-2-20-12-7-4-3-6-11(12)10-16-14(19)15-9-5-8-13(17)18/h3-4,6-7H,2,5,8-10H2,1H3,(H,17,18)(H2,15,16,19). The van der Waals surface area contributed by atoms with Crippen LogP contribution in [0, 0.1) is 0 Å². The highest BCUT2D eigenvalue weighted by atomic mass is 16.5. The lowest BCUT2D eigenvalue weighted by molar-refractivity contribution is -0.137. The van der Waals surface area contributed by atoms with Crippen LogP contribution in [0.25, 0.3) is 0 Å². The summed E-state index contributed by atoms with van der Waals surface area (Å²) in [4.78, 5) is 21.8. The van der Waals surface area contributed by atoms with E-state index in [0.717, 1.165) is 11.3 Å². The highest BCUT2D eigenvalue weighted by Crippen LogP contribution is 2.17. The van der Waals surface area contributed by atoms with Gasteiger partial charge in [0.1, 0.15) is 5.75 Å². The zero-order valence-corrected chi connectivity index (χ0v) is 11.5. The van der Waals surface area contributed by atoms with Gasteiger partial charge in [-0.05, 0) is 19.4 Å². The number of carbonyl (C=O) groups is 2. The lowest BCUT2D eigenvalue weighted by Gasteiger charge is -2.11. The number of benzene rings is 1. The largest absolute Gasteiger partial charge is 0.494 e. The Hall–Kier alpha value is -2.24. The minimum Gasteiger partial charge on any atom is -0.494 e. The first-order valence-corrected chi connectivity index (χ1v) is 6.57. The molecule has 0 aliphatic carbocycles. The molecule has 0 unspecified atom stereocenters. The molecule has 1 aromatic carbocycles. The zero-order valence-electron chi connectivity index (χ0n) is 11.5. The quantitative estimate of drug-likeness (QED) is 0.633. The van der Waals surface area contributed by atoms with Crippen molar-refractivity contribution in [3.63, 3.8) is 0 Å². The zero-order chi connectivity index (χ0) is 14.8. The topological polar surface area (TPSA) is 87.7 Å². The monoisotopic (exact) mass is 280 g/mol. The first kappa shape index (κ1) is 15.8. The fraction of sp³-hybridized carbons (Fsp3) is 0.429. The van der Waals surface area contributed by atoms with Crippen LogP contribution >= 0.6 is 0 Å². The third-order valence-electron chi connectivity index (χ3n) is 2.56. The normalized spacial score (nSPS) is 9.85. The molecule has 0 atom stereocenters. The fourth-order valence-electron chi connectivity index (χ4n) is 1.63. The predicted molar refractivity (Wildman–Crippen MR) is 74.7 cm³/mol. The maximum Gasteiger partial charge on any atom is 0.315 e. The van der Waals surface area contributed by atoms with E-state index in [0.29, 0.717) is 26.1 Å². The van der Waals surface area contributed by atoms with Gasteiger partial charge in [0.15, 0.2) is 0 Å². The molecule has 1 rings (SSSR count). The van der Waals surface area contributed by atoms with Crippen molar-refractivity contribution in [2.24, 2.45) is 0 Å². The van der Waals surface area contributed by atoms with E-state index in [2.05, 4.69) is 10.6 Å². The van der Waals surface area contributed by atoms with Crippen LogP contribution < -0.4 is 15.4 Å². The van der Waals surface area contributed by atoms with E-state index in [4.69, 9.17) is 9.84 Å². The Kier molecular flexibility index (Phi) is 6.95. The Balaban J connectivity index is 2.32. The van der Waals surface area contributed by atoms with Crippen LogP contribution in [0.15, 0.2) is 24.3 Å². The average Bonchev–Trinajstić information content (AvgIpc) is 2.43. The Morgan fingerprint density at radius 1 is 1.25 bits per heavy atom. The number of aliphatic carboxylic acids is 1. The Labute approximate surface area is 118 Å². The van der Waals surface area contributed by atoms with E-state index < -0.39 is 5.97 Å². The molecule has 0 spiro atoms. The maximum absolute atomic E-state index is 11.5. The van der Waals surface area contributed by atoms with Gasteiger partial charge in [-0.3, -0.25) is 4.79 Å². The summed E-state index contributed by atoms with van der Waals surface area (Å²) in [6, 6.07) is 7.17. The van der Waals surface area contributed by atoms with Gasteiger partial charge < -0.3 is 20.5 Å². The van der Waals surface area contributed by atoms with Gasteiger partial charge in [-0.2, -0.15) is 0 Å². The molecule has 0 fully saturated rings. The molecule has 2 amide bonds. The molecule has 0 aliphatic rings. The molecule has 0 saturated heterocycles. The number of nitrogens with one attached hydrogen (secondary N) is 2. The second-order valence-corrected chi connectivity index (χ2v) is 4.15. The molecule has 110 valence electrons. The van der Waals surface area contributed by atoms with Crippen molar-refractivity contribution in [3.8, 4) is 5.75 Å². The summed E-state index contributed by atoms with van der Waals surface area (Å²) in [5, 5.41) is 13.8. The van der Waals surface area contributed by atoms with Gasteiger partial charge in [0.25, 0.3) is 0 Å². The second kappa shape index (κ2) is 8.79. The predicted octanol–water partition coefficient (Wildman–Crippen LogP) is 1.75. The summed E-state index contributed by atoms with van der Waals surface area (Å²) in [5.74, 6) is -0.112. The highest BCUT2D eigenvalue weighted by molar-refractivity contribution is 5.74. The van der Waals surface area contributed by atoms with Gasteiger partial charge in [-0.25, -0.2) is 4.79 Å². The Morgan fingerprint density at radius 3 is 2.70 bits per heavy atom. The van der Waals surface area contributed by atoms with Crippen LogP contribution in [0.2, 0.25) is 0 Å². The number of hydrogen-bond donors (Lipinski definition) is 3. The molecule has 6 nitrogen and oxygen atoms in total. The van der Waals surface area contributed by atoms with Gasteiger partial charge in [0, 0.05) is 25.1 Å². The molecule has 0 aliphatic heterocycles. The molecular weight excluding hydrogens is 260 g/mol. The van der Waals surface area contributed by atoms with Crippen molar-refractivity contribution in [3.05, 3.63) is 29.8 Å². The summed E-state index contributed by atoms with van der Waals surface area (Å²) in [6.07, 6.45) is 0.464. The average molecular weight is 280 g/mol. The van der Waals surface area contributed by atoms with Crippen LogP contribution in [-0.4, -0.2) is 30.3 Å². The van der Waals surface area contributed by atoms with Crippen LogP contribution in [0.5, 0.6) is 5.75 Å². The van der Waals surface area contributed by atoms with Crippen molar-refractivity contribution in [2.45, 2.75) is 26.3 Å². The molecule has 3 N–H and O–H groups in total. The number of ether oxygens (including phenoxy) is 1. The first-order valence-electron chi connectivity index (χ1n) is 6.57. The Morgan fingerprint density at radius 2 is 2.00 bits per heavy atom. The lowest BCUT2D eigenvalue weighted by Crippen LogP contribution is -2.35. The number of para-hydroxylation sites is 1. The first-order chi connectivity index (χ1) is 9.63. The summed E-state index contributed by atoms with van der Waals surface area (Å²) >= 11 is 0. The molecule has 0 bridgehead atoms. The molecular formula is C14H20N2O4. The molecule has 6 heteroatoms. The van der Waals surface area contributed by atoms with E-state index in [1.54, 1.807) is 0 Å². The third-order valence-corrected chi connectivity index (χ3v) is 2.56. The summed E-state index contributed by atoms with van der Waals surface area (Å²) in [5.41, 5.74) is 0.898. The van der Waals surface area contributed by atoms with Crippen molar-refractivity contribution in [1.82, 2.24) is 10.6 Å². The second-order valence-electron chi connectivity index (χ2n) is 4.15. The van der Waals surface area contributed by atoms with Crippen LogP contribution in [0.3, 0.4) is 0 Å². The smallest absolute Gasteiger partial charge is 0.315 e. The molecule has 1 aromatic rings. The minimum atomic E-state index is -0.863. The van der Waals surface area contributed by atoms with E-state index in [-0.39, 0.29) is 12.5 Å². The summed E-state index contributed by atoms with van der Waals surface area (Å²) in [7, 11) is 0. The molecule has 0 aromatic heterocycles. The highest BCUT2D eigenvalue weighted by Gasteiger charge is 2.05. The van der Waals surface area contributed by atoms with Gasteiger partial charge in [-0.15, -0.1) is 0 Å². The number of carboxylic acids is 1. The SMILES string of the molecule is CCOc1ccccc1CNC(=O)NCCCC(=O)O. The summed E-state index contributed by atoms with van der Waals surface area (Å²) < 4.78 is 5.46. The fourth-order valence-corrected chi connectivity index (χ4v) is 1.63. The molecule has 0 radical (unpaired) electrons. The number of urea groups is 1. The van der Waals surface area contributed by atoms with Crippen molar-refractivity contribution >= 4 is 12.0 Å². The van der Waals surface area contributed by atoms with Gasteiger partial charge in [-0.1, -0.05) is 18.2 Å². The Bertz CT molecular complexity index is 449. The van der Waals surface area contributed by atoms with E-state index in [1.807, 2.05) is 31.2 Å². The number of rotatable bonds is 8. The maximum atomic E-state index is 11.5. The van der Waals surface area contributed by atoms with Crippen LogP contribution in [0.1, 0.15) is 25.3 Å². The van der Waals surface area contributed by atoms with E-state index in [1.165, 1.54) is 0 Å².